The molecule has 3 heterocycles. The van der Waals surface area contributed by atoms with E-state index in [4.69, 9.17) is 0 Å². The van der Waals surface area contributed by atoms with Gasteiger partial charge < -0.3 is 14.8 Å². The van der Waals surface area contributed by atoms with E-state index in [1.807, 2.05) is 33.7 Å². The summed E-state index contributed by atoms with van der Waals surface area (Å²) < 4.78 is 1.92. The molecular weight excluding hydrogens is 354 g/mol. The van der Waals surface area contributed by atoms with E-state index in [1.54, 1.807) is 24.5 Å². The van der Waals surface area contributed by atoms with E-state index in [-0.39, 0.29) is 24.9 Å². The van der Waals surface area contributed by atoms with Gasteiger partial charge in [0, 0.05) is 31.0 Å². The van der Waals surface area contributed by atoms with Gasteiger partial charge in [-0.25, -0.2) is 4.98 Å². The molecule has 0 aliphatic carbocycles. The van der Waals surface area contributed by atoms with Gasteiger partial charge in [-0.05, 0) is 43.5 Å². The van der Waals surface area contributed by atoms with Crippen LogP contribution in [0.25, 0.3) is 11.0 Å². The van der Waals surface area contributed by atoms with Crippen molar-refractivity contribution in [3.63, 3.8) is 0 Å². The Bertz CT molecular complexity index is 977. The molecule has 0 atom stereocenters. The first kappa shape index (κ1) is 18.2. The summed E-state index contributed by atoms with van der Waals surface area (Å²) in [7, 11) is 0. The number of fused-ring (bicyclic) bond motifs is 1. The molecule has 0 unspecified atom stereocenters. The predicted octanol–water partition coefficient (Wildman–Crippen LogP) is 2.37. The Balaban J connectivity index is 1.54. The van der Waals surface area contributed by atoms with Crippen molar-refractivity contribution < 1.29 is 9.59 Å². The van der Waals surface area contributed by atoms with Crippen LogP contribution in [0.4, 0.5) is 0 Å². The highest BCUT2D eigenvalue weighted by molar-refractivity contribution is 5.94. The minimum absolute atomic E-state index is 0.101. The Morgan fingerprint density at radius 1 is 1.00 bits per heavy atom. The standard InChI is InChI=1S/C21H23N5O2/c27-20(25-12-4-1-5-13-25)15-26-18-7-3-2-6-17(18)24-19(26)14-23-21(28)16-8-10-22-11-9-16/h2-3,6-11H,1,4-5,12-15H2,(H,23,28). The molecule has 1 aliphatic rings. The van der Waals surface area contributed by atoms with Gasteiger partial charge >= 0.3 is 0 Å². The van der Waals surface area contributed by atoms with E-state index in [9.17, 15) is 9.59 Å². The van der Waals surface area contributed by atoms with Crippen molar-refractivity contribution in [1.82, 2.24) is 24.8 Å². The van der Waals surface area contributed by atoms with Gasteiger partial charge in [-0.1, -0.05) is 12.1 Å². The number of nitrogens with one attached hydrogen (secondary N) is 1. The molecule has 0 spiro atoms. The van der Waals surface area contributed by atoms with E-state index in [0.717, 1.165) is 37.0 Å². The van der Waals surface area contributed by atoms with Crippen LogP contribution in [0, 0.1) is 0 Å². The second-order valence-corrected chi connectivity index (χ2v) is 6.96. The van der Waals surface area contributed by atoms with Crippen LogP contribution < -0.4 is 5.32 Å². The summed E-state index contributed by atoms with van der Waals surface area (Å²) in [4.78, 5) is 35.7. The number of piperidine rings is 1. The molecule has 0 radical (unpaired) electrons. The third kappa shape index (κ3) is 3.88. The maximum absolute atomic E-state index is 12.8. The number of imidazole rings is 1. The van der Waals surface area contributed by atoms with E-state index < -0.39 is 0 Å². The van der Waals surface area contributed by atoms with Gasteiger partial charge in [0.15, 0.2) is 0 Å². The monoisotopic (exact) mass is 377 g/mol. The van der Waals surface area contributed by atoms with Crippen LogP contribution >= 0.6 is 0 Å². The number of benzene rings is 1. The quantitative estimate of drug-likeness (QED) is 0.740. The summed E-state index contributed by atoms with van der Waals surface area (Å²) in [5, 5.41) is 2.89. The first-order chi connectivity index (χ1) is 13.7. The van der Waals surface area contributed by atoms with Crippen molar-refractivity contribution in [3.05, 3.63) is 60.2 Å². The average molecular weight is 377 g/mol. The number of rotatable bonds is 5. The Kier molecular flexibility index (Phi) is 5.32. The second-order valence-electron chi connectivity index (χ2n) is 6.96. The number of likely N-dealkylation sites (tertiary alicyclic amines) is 1. The fourth-order valence-corrected chi connectivity index (χ4v) is 3.58. The minimum atomic E-state index is -0.191. The van der Waals surface area contributed by atoms with Gasteiger partial charge in [0.05, 0.1) is 17.6 Å². The van der Waals surface area contributed by atoms with E-state index in [1.165, 1.54) is 6.42 Å². The highest BCUT2D eigenvalue weighted by Crippen LogP contribution is 2.18. The fourth-order valence-electron chi connectivity index (χ4n) is 3.58. The maximum atomic E-state index is 12.8. The molecule has 2 aromatic heterocycles. The van der Waals surface area contributed by atoms with Gasteiger partial charge in [0.1, 0.15) is 12.4 Å². The molecule has 7 heteroatoms. The van der Waals surface area contributed by atoms with Crippen molar-refractivity contribution in [3.8, 4) is 0 Å². The number of nitrogens with zero attached hydrogens (tertiary/aromatic N) is 4. The Labute approximate surface area is 163 Å². The van der Waals surface area contributed by atoms with Crippen LogP contribution in [0.5, 0.6) is 0 Å². The lowest BCUT2D eigenvalue weighted by atomic mass is 10.1. The van der Waals surface area contributed by atoms with Gasteiger partial charge in [-0.15, -0.1) is 0 Å². The largest absolute Gasteiger partial charge is 0.345 e. The third-order valence-electron chi connectivity index (χ3n) is 5.09. The average Bonchev–Trinajstić information content (AvgIpc) is 3.10. The lowest BCUT2D eigenvalue weighted by molar-refractivity contribution is -0.132. The molecule has 1 fully saturated rings. The normalized spacial score (nSPS) is 14.2. The Morgan fingerprint density at radius 2 is 1.75 bits per heavy atom. The number of pyridine rings is 1. The molecule has 2 amide bonds. The summed E-state index contributed by atoms with van der Waals surface area (Å²) in [6.07, 6.45) is 6.48. The predicted molar refractivity (Wildman–Crippen MR) is 106 cm³/mol. The van der Waals surface area contributed by atoms with E-state index in [0.29, 0.717) is 11.4 Å². The van der Waals surface area contributed by atoms with E-state index >= 15 is 0 Å². The lowest BCUT2D eigenvalue weighted by Gasteiger charge is -2.27. The number of carbonyl (C=O) groups is 2. The zero-order chi connectivity index (χ0) is 19.3. The highest BCUT2D eigenvalue weighted by atomic mass is 16.2. The van der Waals surface area contributed by atoms with Crippen LogP contribution in [-0.4, -0.2) is 44.3 Å². The number of aromatic nitrogens is 3. The number of hydrogen-bond donors (Lipinski definition) is 1. The number of carbonyl (C=O) groups excluding carboxylic acids is 2. The van der Waals surface area contributed by atoms with Gasteiger partial charge in [0.25, 0.3) is 5.91 Å². The van der Waals surface area contributed by atoms with Gasteiger partial charge in [0.2, 0.25) is 5.91 Å². The fraction of sp³-hybridized carbons (Fsp3) is 0.333. The second kappa shape index (κ2) is 8.21. The number of amides is 2. The molecular formula is C21H23N5O2. The molecule has 1 aliphatic heterocycles. The molecule has 0 saturated carbocycles. The van der Waals surface area contributed by atoms with Crippen LogP contribution in [0.2, 0.25) is 0 Å². The van der Waals surface area contributed by atoms with Crippen molar-refractivity contribution in [2.45, 2.75) is 32.4 Å². The molecule has 28 heavy (non-hydrogen) atoms. The van der Waals surface area contributed by atoms with Crippen LogP contribution in [0.1, 0.15) is 35.4 Å². The van der Waals surface area contributed by atoms with Crippen molar-refractivity contribution in [2.75, 3.05) is 13.1 Å². The molecule has 7 nitrogen and oxygen atoms in total. The van der Waals surface area contributed by atoms with Crippen LogP contribution in [-0.2, 0) is 17.9 Å². The molecule has 1 N–H and O–H groups in total. The first-order valence-corrected chi connectivity index (χ1v) is 9.62. The minimum Gasteiger partial charge on any atom is -0.345 e. The Morgan fingerprint density at radius 3 is 2.54 bits per heavy atom. The maximum Gasteiger partial charge on any atom is 0.251 e. The smallest absolute Gasteiger partial charge is 0.251 e. The van der Waals surface area contributed by atoms with Crippen LogP contribution in [0.15, 0.2) is 48.8 Å². The zero-order valence-corrected chi connectivity index (χ0v) is 15.7. The Hall–Kier alpha value is -3.22. The summed E-state index contributed by atoms with van der Waals surface area (Å²) in [6, 6.07) is 11.1. The topological polar surface area (TPSA) is 80.1 Å². The molecule has 1 aromatic carbocycles. The molecule has 4 rings (SSSR count). The molecule has 144 valence electrons. The summed E-state index contributed by atoms with van der Waals surface area (Å²) >= 11 is 0. The van der Waals surface area contributed by atoms with Crippen molar-refractivity contribution >= 4 is 22.8 Å². The number of para-hydroxylation sites is 2. The summed E-state index contributed by atoms with van der Waals surface area (Å²) in [5.74, 6) is 0.585. The van der Waals surface area contributed by atoms with Gasteiger partial charge in [-0.2, -0.15) is 0 Å². The molecule has 3 aromatic rings. The zero-order valence-electron chi connectivity index (χ0n) is 15.7. The summed E-state index contributed by atoms with van der Waals surface area (Å²) in [6.45, 7) is 2.13. The first-order valence-electron chi connectivity index (χ1n) is 9.62. The highest BCUT2D eigenvalue weighted by Gasteiger charge is 2.20. The van der Waals surface area contributed by atoms with Gasteiger partial charge in [-0.3, -0.25) is 14.6 Å². The number of hydrogen-bond acceptors (Lipinski definition) is 4. The van der Waals surface area contributed by atoms with Crippen LogP contribution in [0.3, 0.4) is 0 Å². The third-order valence-corrected chi connectivity index (χ3v) is 5.09. The lowest BCUT2D eigenvalue weighted by Crippen LogP contribution is -2.38. The van der Waals surface area contributed by atoms with Crippen molar-refractivity contribution in [1.29, 1.82) is 0 Å². The molecule has 1 saturated heterocycles. The van der Waals surface area contributed by atoms with E-state index in [2.05, 4.69) is 15.3 Å². The van der Waals surface area contributed by atoms with Crippen molar-refractivity contribution in [2.24, 2.45) is 0 Å². The SMILES string of the molecule is O=C(NCc1nc2ccccc2n1CC(=O)N1CCCCC1)c1ccncc1. The molecule has 0 bridgehead atoms. The summed E-state index contributed by atoms with van der Waals surface area (Å²) in [5.41, 5.74) is 2.27.